The van der Waals surface area contributed by atoms with Gasteiger partial charge in [-0.05, 0) is 37.1 Å². The van der Waals surface area contributed by atoms with Crippen LogP contribution in [0.25, 0.3) is 0 Å². The van der Waals surface area contributed by atoms with E-state index in [9.17, 15) is 14.4 Å². The van der Waals surface area contributed by atoms with Crippen molar-refractivity contribution in [3.63, 3.8) is 0 Å². The van der Waals surface area contributed by atoms with Gasteiger partial charge >= 0.3 is 11.7 Å². The Morgan fingerprint density at radius 2 is 1.89 bits per heavy atom. The molecule has 1 aromatic heterocycles. The number of hydrogen-bond donors (Lipinski definition) is 1. The number of amides is 2. The molecule has 2 amide bonds. The Morgan fingerprint density at radius 1 is 1.18 bits per heavy atom. The van der Waals surface area contributed by atoms with E-state index in [1.165, 1.54) is 16.0 Å². The van der Waals surface area contributed by atoms with Crippen LogP contribution < -0.4 is 20.6 Å². The molecule has 0 spiro atoms. The number of aromatic nitrogens is 3. The average molecular weight is 385 g/mol. The second-order valence-corrected chi connectivity index (χ2v) is 7.15. The monoisotopic (exact) mass is 385 g/mol. The maximum atomic E-state index is 12.9. The summed E-state index contributed by atoms with van der Waals surface area (Å²) in [6.45, 7) is -0.0395. The zero-order valence-corrected chi connectivity index (χ0v) is 15.8. The van der Waals surface area contributed by atoms with Crippen LogP contribution in [0.15, 0.2) is 29.1 Å². The van der Waals surface area contributed by atoms with Crippen molar-refractivity contribution in [3.8, 4) is 5.75 Å². The van der Waals surface area contributed by atoms with E-state index in [0.717, 1.165) is 30.4 Å². The lowest BCUT2D eigenvalue weighted by atomic mass is 9.95. The molecule has 0 atom stereocenters. The van der Waals surface area contributed by atoms with Crippen LogP contribution in [0.5, 0.6) is 5.75 Å². The van der Waals surface area contributed by atoms with E-state index in [-0.39, 0.29) is 25.0 Å². The minimum absolute atomic E-state index is 0.143. The molecule has 1 N–H and O–H groups in total. The highest BCUT2D eigenvalue weighted by Crippen LogP contribution is 2.25. The predicted molar refractivity (Wildman–Crippen MR) is 101 cm³/mol. The number of fused-ring (bicyclic) bond motifs is 1. The highest BCUT2D eigenvalue weighted by Gasteiger charge is 2.34. The van der Waals surface area contributed by atoms with Gasteiger partial charge in [0.2, 0.25) is 5.91 Å². The molecule has 1 saturated carbocycles. The summed E-state index contributed by atoms with van der Waals surface area (Å²) in [5, 5.41) is 2.97. The van der Waals surface area contributed by atoms with Crippen molar-refractivity contribution >= 4 is 17.6 Å². The van der Waals surface area contributed by atoms with Crippen LogP contribution in [0, 0.1) is 0 Å². The number of nitrogens with one attached hydrogen (secondary N) is 1. The van der Waals surface area contributed by atoms with Crippen LogP contribution in [-0.2, 0) is 17.9 Å². The van der Waals surface area contributed by atoms with Crippen LogP contribution in [0.2, 0.25) is 0 Å². The molecular formula is C19H23N5O4. The molecule has 2 aliphatic rings. The third-order valence-corrected chi connectivity index (χ3v) is 5.29. The van der Waals surface area contributed by atoms with Crippen LogP contribution in [-0.4, -0.2) is 39.4 Å². The Kier molecular flexibility index (Phi) is 4.89. The number of carbonyl (C=O) groups excluding carboxylic acids is 2. The number of nitrogens with zero attached hydrogens (tertiary/aromatic N) is 4. The Labute approximate surface area is 161 Å². The summed E-state index contributed by atoms with van der Waals surface area (Å²) in [7, 11) is 1.57. The van der Waals surface area contributed by atoms with Gasteiger partial charge in [0, 0.05) is 11.7 Å². The molecule has 9 heteroatoms. The summed E-state index contributed by atoms with van der Waals surface area (Å²) in [4.78, 5) is 43.0. The Balaban J connectivity index is 1.51. The van der Waals surface area contributed by atoms with Crippen LogP contribution in [0.1, 0.15) is 37.9 Å². The van der Waals surface area contributed by atoms with E-state index in [1.807, 2.05) is 0 Å². The molecule has 2 heterocycles. The second kappa shape index (κ2) is 7.49. The molecule has 2 aromatic rings. The fourth-order valence-corrected chi connectivity index (χ4v) is 3.84. The lowest BCUT2D eigenvalue weighted by Crippen LogP contribution is -2.42. The molecule has 9 nitrogen and oxygen atoms in total. The third-order valence-electron chi connectivity index (χ3n) is 5.29. The number of rotatable bonds is 5. The Bertz CT molecular complexity index is 940. The van der Waals surface area contributed by atoms with Crippen LogP contribution in [0.3, 0.4) is 0 Å². The zero-order valence-electron chi connectivity index (χ0n) is 15.8. The summed E-state index contributed by atoms with van der Waals surface area (Å²) in [5.41, 5.74) is 0.0819. The molecule has 28 heavy (non-hydrogen) atoms. The lowest BCUT2D eigenvalue weighted by molar-refractivity contribution is -0.122. The first kappa shape index (κ1) is 18.3. The molecule has 1 fully saturated rings. The van der Waals surface area contributed by atoms with Crippen LogP contribution >= 0.6 is 0 Å². The third kappa shape index (κ3) is 3.39. The zero-order chi connectivity index (χ0) is 19.7. The first-order chi connectivity index (χ1) is 13.6. The molecule has 0 unspecified atom stereocenters. The minimum atomic E-state index is -0.587. The number of anilines is 1. The molecule has 0 bridgehead atoms. The average Bonchev–Trinajstić information content (AvgIpc) is 3.18. The maximum absolute atomic E-state index is 12.9. The Morgan fingerprint density at radius 3 is 2.57 bits per heavy atom. The SMILES string of the molecule is COc1ccc(N2Cc3nc(=O)n(CC(=O)NC4CCCCC4)n3C2=O)cc1. The van der Waals surface area contributed by atoms with E-state index >= 15 is 0 Å². The predicted octanol–water partition coefficient (Wildman–Crippen LogP) is 1.49. The van der Waals surface area contributed by atoms with Gasteiger partial charge in [0.25, 0.3) is 0 Å². The van der Waals surface area contributed by atoms with Gasteiger partial charge in [0.05, 0.1) is 13.7 Å². The summed E-state index contributed by atoms with van der Waals surface area (Å²) < 4.78 is 7.45. The first-order valence-corrected chi connectivity index (χ1v) is 9.51. The van der Waals surface area contributed by atoms with Gasteiger partial charge in [-0.1, -0.05) is 19.3 Å². The molecular weight excluding hydrogens is 362 g/mol. The van der Waals surface area contributed by atoms with E-state index in [0.29, 0.717) is 17.3 Å². The summed E-state index contributed by atoms with van der Waals surface area (Å²) in [6.07, 6.45) is 5.30. The number of methoxy groups -OCH3 is 1. The fourth-order valence-electron chi connectivity index (χ4n) is 3.84. The van der Waals surface area contributed by atoms with Crippen molar-refractivity contribution in [1.82, 2.24) is 19.7 Å². The van der Waals surface area contributed by atoms with Gasteiger partial charge in [-0.2, -0.15) is 9.67 Å². The summed E-state index contributed by atoms with van der Waals surface area (Å²) in [5.74, 6) is 0.744. The highest BCUT2D eigenvalue weighted by molar-refractivity contribution is 5.95. The molecule has 4 rings (SSSR count). The number of benzene rings is 1. The molecule has 1 aromatic carbocycles. The molecule has 148 valence electrons. The molecule has 1 aliphatic carbocycles. The van der Waals surface area contributed by atoms with E-state index in [1.54, 1.807) is 31.4 Å². The number of carbonyl (C=O) groups is 2. The Hall–Kier alpha value is -3.10. The van der Waals surface area contributed by atoms with Crippen molar-refractivity contribution < 1.29 is 14.3 Å². The van der Waals surface area contributed by atoms with Gasteiger partial charge in [-0.25, -0.2) is 14.3 Å². The van der Waals surface area contributed by atoms with E-state index < -0.39 is 11.7 Å². The summed E-state index contributed by atoms with van der Waals surface area (Å²) in [6, 6.07) is 6.79. The lowest BCUT2D eigenvalue weighted by Gasteiger charge is -2.23. The largest absolute Gasteiger partial charge is 0.497 e. The maximum Gasteiger partial charge on any atom is 0.365 e. The quantitative estimate of drug-likeness (QED) is 0.841. The molecule has 1 aliphatic heterocycles. The smallest absolute Gasteiger partial charge is 0.365 e. The molecule has 0 saturated heterocycles. The number of hydrogen-bond acceptors (Lipinski definition) is 5. The summed E-state index contributed by atoms with van der Waals surface area (Å²) >= 11 is 0. The van der Waals surface area contributed by atoms with Gasteiger partial charge in [0.15, 0.2) is 5.82 Å². The van der Waals surface area contributed by atoms with Crippen LogP contribution in [0.4, 0.5) is 10.5 Å². The minimum Gasteiger partial charge on any atom is -0.497 e. The molecule has 0 radical (unpaired) electrons. The van der Waals surface area contributed by atoms with Crippen molar-refractivity contribution in [1.29, 1.82) is 0 Å². The second-order valence-electron chi connectivity index (χ2n) is 7.15. The van der Waals surface area contributed by atoms with E-state index in [2.05, 4.69) is 10.3 Å². The van der Waals surface area contributed by atoms with Gasteiger partial charge in [-0.15, -0.1) is 0 Å². The topological polar surface area (TPSA) is 98.5 Å². The van der Waals surface area contributed by atoms with Crippen molar-refractivity contribution in [2.45, 2.75) is 51.2 Å². The van der Waals surface area contributed by atoms with Crippen molar-refractivity contribution in [2.75, 3.05) is 12.0 Å². The normalized spacial score (nSPS) is 16.9. The van der Waals surface area contributed by atoms with Crippen molar-refractivity contribution in [3.05, 3.63) is 40.6 Å². The van der Waals surface area contributed by atoms with Gasteiger partial charge in [-0.3, -0.25) is 9.69 Å². The van der Waals surface area contributed by atoms with Gasteiger partial charge < -0.3 is 10.1 Å². The number of ether oxygens (including phenoxy) is 1. The van der Waals surface area contributed by atoms with Gasteiger partial charge in [0.1, 0.15) is 12.3 Å². The van der Waals surface area contributed by atoms with Crippen molar-refractivity contribution in [2.24, 2.45) is 0 Å². The van der Waals surface area contributed by atoms with E-state index in [4.69, 9.17) is 4.74 Å². The fraction of sp³-hybridized carbons (Fsp3) is 0.474. The standard InChI is InChI=1S/C19H23N5O4/c1-28-15-9-7-14(8-10-15)22-11-16-21-18(26)23(24(16)19(22)27)12-17(25)20-13-5-3-2-4-6-13/h7-10,13H,2-6,11-12H2,1H3,(H,20,25). The highest BCUT2D eigenvalue weighted by atomic mass is 16.5. The first-order valence-electron chi connectivity index (χ1n) is 9.51.